The van der Waals surface area contributed by atoms with Crippen molar-refractivity contribution in [1.82, 2.24) is 9.80 Å². The molecule has 0 amide bonds. The van der Waals surface area contributed by atoms with E-state index < -0.39 is 7.44 Å². The summed E-state index contributed by atoms with van der Waals surface area (Å²) in [4.78, 5) is 4.77. The number of hydrogen-bond acceptors (Lipinski definition) is 4. The van der Waals surface area contributed by atoms with Crippen LogP contribution in [0.25, 0.3) is 0 Å². The van der Waals surface area contributed by atoms with E-state index in [-0.39, 0.29) is 5.78 Å². The molecule has 3 aromatic rings. The number of anilines is 2. The number of benzene rings is 3. The molecule has 2 saturated heterocycles. The van der Waals surface area contributed by atoms with E-state index in [9.17, 15) is 0 Å². The van der Waals surface area contributed by atoms with E-state index in [0.29, 0.717) is 0 Å². The van der Waals surface area contributed by atoms with Crippen LogP contribution in [0.1, 0.15) is 11.3 Å². The third kappa shape index (κ3) is 4.22. The minimum Gasteiger partial charge on any atom is -0.497 e. The second-order valence-electron chi connectivity index (χ2n) is 8.99. The SMILES string of the molecule is COc1ccc(C(N2CCN(C)CC2)P2(=O)N(c3ccccc3)CCN2c2ccccc2)cc1. The number of likely N-dealkylation sites (N-methyl/N-ethyl adjacent to an activating group) is 1. The molecule has 3 aromatic carbocycles. The highest BCUT2D eigenvalue weighted by Crippen LogP contribution is 2.69. The second kappa shape index (κ2) is 9.83. The minimum atomic E-state index is -3.14. The van der Waals surface area contributed by atoms with Crippen LogP contribution in [0.4, 0.5) is 11.4 Å². The van der Waals surface area contributed by atoms with E-state index in [1.54, 1.807) is 7.11 Å². The van der Waals surface area contributed by atoms with E-state index in [1.165, 1.54) is 0 Å². The van der Waals surface area contributed by atoms with Gasteiger partial charge in [0.1, 0.15) is 11.5 Å². The third-order valence-corrected chi connectivity index (χ3v) is 10.4. The Morgan fingerprint density at radius 2 is 1.21 bits per heavy atom. The molecule has 34 heavy (non-hydrogen) atoms. The van der Waals surface area contributed by atoms with Crippen molar-refractivity contribution in [3.05, 3.63) is 90.5 Å². The molecule has 2 aliphatic heterocycles. The van der Waals surface area contributed by atoms with Gasteiger partial charge in [0.05, 0.1) is 7.11 Å². The molecule has 178 valence electrons. The quantitative estimate of drug-likeness (QED) is 0.458. The van der Waals surface area contributed by atoms with E-state index in [1.807, 2.05) is 48.5 Å². The molecule has 5 rings (SSSR count). The van der Waals surface area contributed by atoms with Crippen molar-refractivity contribution in [3.63, 3.8) is 0 Å². The first-order chi connectivity index (χ1) is 16.6. The molecule has 2 heterocycles. The molecule has 0 saturated carbocycles. The summed E-state index contributed by atoms with van der Waals surface area (Å²) in [7, 11) is 0.693. The van der Waals surface area contributed by atoms with Crippen LogP contribution < -0.4 is 14.1 Å². The number of rotatable bonds is 6. The van der Waals surface area contributed by atoms with Crippen molar-refractivity contribution in [2.75, 3.05) is 62.8 Å². The Hall–Kier alpha value is -2.79. The fourth-order valence-corrected chi connectivity index (χ4v) is 8.81. The number of para-hydroxylation sites is 2. The van der Waals surface area contributed by atoms with Crippen LogP contribution in [-0.2, 0) is 4.57 Å². The van der Waals surface area contributed by atoms with Gasteiger partial charge in [0.15, 0.2) is 0 Å². The predicted octanol–water partition coefficient (Wildman–Crippen LogP) is 5.16. The van der Waals surface area contributed by atoms with Crippen LogP contribution in [0.2, 0.25) is 0 Å². The fourth-order valence-electron chi connectivity index (χ4n) is 5.12. The Labute approximate surface area is 202 Å². The zero-order valence-corrected chi connectivity index (χ0v) is 20.8. The van der Waals surface area contributed by atoms with Crippen LogP contribution in [0.3, 0.4) is 0 Å². The van der Waals surface area contributed by atoms with Gasteiger partial charge in [-0.3, -0.25) is 9.46 Å². The molecular weight excluding hydrogens is 443 g/mol. The summed E-state index contributed by atoms with van der Waals surface area (Å²) in [6, 6.07) is 28.6. The summed E-state index contributed by atoms with van der Waals surface area (Å²) < 4.78 is 25.5. The molecule has 2 aliphatic rings. The van der Waals surface area contributed by atoms with Gasteiger partial charge in [0, 0.05) is 50.6 Å². The topological polar surface area (TPSA) is 39.3 Å². The van der Waals surface area contributed by atoms with Gasteiger partial charge >= 0.3 is 0 Å². The van der Waals surface area contributed by atoms with Crippen molar-refractivity contribution in [3.8, 4) is 5.75 Å². The van der Waals surface area contributed by atoms with Crippen LogP contribution in [0, 0.1) is 0 Å². The Bertz CT molecular complexity index is 1070. The van der Waals surface area contributed by atoms with Crippen molar-refractivity contribution < 1.29 is 9.30 Å². The molecule has 1 unspecified atom stereocenters. The molecule has 1 atom stereocenters. The average Bonchev–Trinajstić information content (AvgIpc) is 3.24. The Balaban J connectivity index is 1.66. The van der Waals surface area contributed by atoms with Crippen molar-refractivity contribution in [1.29, 1.82) is 0 Å². The Morgan fingerprint density at radius 3 is 1.68 bits per heavy atom. The lowest BCUT2D eigenvalue weighted by molar-refractivity contribution is 0.139. The van der Waals surface area contributed by atoms with E-state index in [4.69, 9.17) is 4.74 Å². The molecule has 0 N–H and O–H groups in total. The lowest BCUT2D eigenvalue weighted by Gasteiger charge is -2.45. The van der Waals surface area contributed by atoms with Gasteiger partial charge in [0.25, 0.3) is 7.44 Å². The number of nitrogens with zero attached hydrogens (tertiary/aromatic N) is 4. The molecule has 0 spiro atoms. The fraction of sp³-hybridized carbons (Fsp3) is 0.333. The highest BCUT2D eigenvalue weighted by Gasteiger charge is 2.52. The van der Waals surface area contributed by atoms with Gasteiger partial charge < -0.3 is 19.0 Å². The highest BCUT2D eigenvalue weighted by molar-refractivity contribution is 7.67. The summed E-state index contributed by atoms with van der Waals surface area (Å²) in [6.45, 7) is 5.12. The lowest BCUT2D eigenvalue weighted by atomic mass is 10.2. The van der Waals surface area contributed by atoms with Crippen LogP contribution in [0.5, 0.6) is 5.75 Å². The molecule has 0 bridgehead atoms. The van der Waals surface area contributed by atoms with Crippen molar-refractivity contribution in [2.24, 2.45) is 0 Å². The molecule has 7 heteroatoms. The number of ether oxygens (including phenoxy) is 1. The van der Waals surface area contributed by atoms with Crippen LogP contribution >= 0.6 is 7.44 Å². The van der Waals surface area contributed by atoms with Gasteiger partial charge in [-0.25, -0.2) is 0 Å². The smallest absolute Gasteiger partial charge is 0.284 e. The van der Waals surface area contributed by atoms with E-state index in [2.05, 4.69) is 62.6 Å². The second-order valence-corrected chi connectivity index (χ2v) is 11.6. The first-order valence-electron chi connectivity index (χ1n) is 11.9. The average molecular weight is 477 g/mol. The third-order valence-electron chi connectivity index (χ3n) is 6.94. The summed E-state index contributed by atoms with van der Waals surface area (Å²) in [5, 5.41) is 0. The maximum atomic E-state index is 15.7. The summed E-state index contributed by atoms with van der Waals surface area (Å²) in [6.07, 6.45) is 0. The van der Waals surface area contributed by atoms with Crippen molar-refractivity contribution >= 4 is 18.8 Å². The molecule has 0 aliphatic carbocycles. The van der Waals surface area contributed by atoms with E-state index >= 15 is 4.57 Å². The van der Waals surface area contributed by atoms with Gasteiger partial charge in [0.2, 0.25) is 0 Å². The molecule has 0 aromatic heterocycles. The van der Waals surface area contributed by atoms with Gasteiger partial charge in [-0.1, -0.05) is 48.5 Å². The monoisotopic (exact) mass is 476 g/mol. The zero-order chi connectivity index (χ0) is 23.5. The van der Waals surface area contributed by atoms with E-state index in [0.717, 1.165) is 62.0 Å². The number of piperazine rings is 1. The first kappa shape index (κ1) is 23.0. The maximum absolute atomic E-state index is 15.7. The number of methoxy groups -OCH3 is 1. The minimum absolute atomic E-state index is 0.255. The van der Waals surface area contributed by atoms with Gasteiger partial charge in [-0.15, -0.1) is 0 Å². The highest BCUT2D eigenvalue weighted by atomic mass is 31.2. The summed E-state index contributed by atoms with van der Waals surface area (Å²) >= 11 is 0. The normalized spacial score (nSPS) is 19.8. The maximum Gasteiger partial charge on any atom is 0.284 e. The van der Waals surface area contributed by atoms with Gasteiger partial charge in [-0.05, 0) is 49.0 Å². The largest absolute Gasteiger partial charge is 0.497 e. The summed E-state index contributed by atoms with van der Waals surface area (Å²) in [5.74, 6) is 0.556. The standard InChI is InChI=1S/C27H33N4O2P/c1-28-17-19-29(20-18-28)27(23-13-15-26(33-2)16-14-23)34(32)30(24-9-5-3-6-10-24)21-22-31(34)25-11-7-4-8-12-25/h3-16,27H,17-22H2,1-2H3. The first-order valence-corrected chi connectivity index (χ1v) is 13.6. The van der Waals surface area contributed by atoms with Crippen molar-refractivity contribution in [2.45, 2.75) is 5.78 Å². The Morgan fingerprint density at radius 1 is 0.706 bits per heavy atom. The van der Waals surface area contributed by atoms with Crippen LogP contribution in [0.15, 0.2) is 84.9 Å². The zero-order valence-electron chi connectivity index (χ0n) is 20.0. The molecular formula is C27H33N4O2P. The Kier molecular flexibility index (Phi) is 6.64. The summed E-state index contributed by atoms with van der Waals surface area (Å²) in [5.41, 5.74) is 3.09. The van der Waals surface area contributed by atoms with Crippen LogP contribution in [-0.4, -0.2) is 63.2 Å². The predicted molar refractivity (Wildman–Crippen MR) is 140 cm³/mol. The molecule has 6 nitrogen and oxygen atoms in total. The number of hydrogen-bond donors (Lipinski definition) is 0. The molecule has 2 fully saturated rings. The molecule has 0 radical (unpaired) electrons. The van der Waals surface area contributed by atoms with Gasteiger partial charge in [-0.2, -0.15) is 0 Å². The lowest BCUT2D eigenvalue weighted by Crippen LogP contribution is -2.47.